The number of nitrogens with zero attached hydrogens (tertiary/aromatic N) is 2. The first-order chi connectivity index (χ1) is 7.24. The maximum Gasteiger partial charge on any atom is 0.226 e. The number of aromatic nitrogens is 2. The molecule has 0 saturated carbocycles. The minimum atomic E-state index is 0. The van der Waals surface area contributed by atoms with E-state index in [1.165, 1.54) is 6.42 Å². The fraction of sp³-hybridized carbons (Fsp3) is 0.600. The van der Waals surface area contributed by atoms with Gasteiger partial charge in [0.05, 0.1) is 11.9 Å². The van der Waals surface area contributed by atoms with E-state index in [-0.39, 0.29) is 18.3 Å². The first-order valence-corrected chi connectivity index (χ1v) is 5.26. The monoisotopic (exact) mass is 244 g/mol. The minimum Gasteiger partial charge on any atom is -0.323 e. The lowest BCUT2D eigenvalue weighted by Crippen LogP contribution is -2.27. The van der Waals surface area contributed by atoms with Gasteiger partial charge in [-0.2, -0.15) is 5.10 Å². The number of hydrogen-bond acceptors (Lipinski definition) is 3. The van der Waals surface area contributed by atoms with Gasteiger partial charge in [-0.25, -0.2) is 0 Å². The number of halogens is 1. The van der Waals surface area contributed by atoms with Crippen LogP contribution in [0, 0.1) is 0 Å². The van der Waals surface area contributed by atoms with E-state index in [0.29, 0.717) is 12.5 Å². The largest absolute Gasteiger partial charge is 0.323 e. The van der Waals surface area contributed by atoms with Crippen LogP contribution in [-0.2, 0) is 11.8 Å². The highest BCUT2D eigenvalue weighted by atomic mass is 35.5. The fourth-order valence-electron chi connectivity index (χ4n) is 1.85. The summed E-state index contributed by atoms with van der Waals surface area (Å²) in [7, 11) is 1.83. The van der Waals surface area contributed by atoms with E-state index in [1.54, 1.807) is 17.1 Å². The molecule has 1 saturated heterocycles. The molecule has 2 N–H and O–H groups in total. The maximum absolute atomic E-state index is 11.6. The van der Waals surface area contributed by atoms with E-state index >= 15 is 0 Å². The van der Waals surface area contributed by atoms with Crippen LogP contribution in [0.25, 0.3) is 0 Å². The van der Waals surface area contributed by atoms with Gasteiger partial charge in [-0.1, -0.05) is 0 Å². The van der Waals surface area contributed by atoms with E-state index in [9.17, 15) is 4.79 Å². The summed E-state index contributed by atoms with van der Waals surface area (Å²) in [5.74, 6) is 0.0578. The van der Waals surface area contributed by atoms with Gasteiger partial charge < -0.3 is 10.6 Å². The molecule has 2 rings (SSSR count). The van der Waals surface area contributed by atoms with Crippen LogP contribution >= 0.6 is 12.4 Å². The van der Waals surface area contributed by atoms with Crippen molar-refractivity contribution in [3.63, 3.8) is 0 Å². The Morgan fingerprint density at radius 1 is 1.75 bits per heavy atom. The van der Waals surface area contributed by atoms with Crippen molar-refractivity contribution in [2.75, 3.05) is 11.9 Å². The first-order valence-electron chi connectivity index (χ1n) is 5.26. The lowest BCUT2D eigenvalue weighted by molar-refractivity contribution is -0.116. The number of anilines is 1. The molecule has 0 bridgehead atoms. The van der Waals surface area contributed by atoms with Gasteiger partial charge in [0.2, 0.25) is 5.91 Å². The van der Waals surface area contributed by atoms with Crippen molar-refractivity contribution < 1.29 is 4.79 Å². The van der Waals surface area contributed by atoms with Crippen LogP contribution in [0.15, 0.2) is 12.4 Å². The highest BCUT2D eigenvalue weighted by Gasteiger charge is 2.17. The first kappa shape index (κ1) is 13.0. The van der Waals surface area contributed by atoms with E-state index in [4.69, 9.17) is 0 Å². The second-order valence-electron chi connectivity index (χ2n) is 3.95. The Morgan fingerprint density at radius 2 is 2.56 bits per heavy atom. The number of aryl methyl sites for hydroxylation is 1. The normalized spacial score (nSPS) is 19.2. The molecule has 0 aliphatic carbocycles. The topological polar surface area (TPSA) is 59.0 Å². The third kappa shape index (κ3) is 3.50. The van der Waals surface area contributed by atoms with Gasteiger partial charge in [-0.05, 0) is 19.4 Å². The molecule has 1 aliphatic rings. The molecule has 16 heavy (non-hydrogen) atoms. The Hall–Kier alpha value is -1.07. The number of carbonyl (C=O) groups is 1. The molecule has 0 radical (unpaired) electrons. The van der Waals surface area contributed by atoms with Crippen molar-refractivity contribution in [3.8, 4) is 0 Å². The number of carbonyl (C=O) groups excluding carboxylic acids is 1. The zero-order valence-corrected chi connectivity index (χ0v) is 10.1. The minimum absolute atomic E-state index is 0. The predicted molar refractivity (Wildman–Crippen MR) is 64.7 cm³/mol. The van der Waals surface area contributed by atoms with Gasteiger partial charge >= 0.3 is 0 Å². The van der Waals surface area contributed by atoms with Gasteiger partial charge in [0.25, 0.3) is 0 Å². The summed E-state index contributed by atoms with van der Waals surface area (Å²) >= 11 is 0. The molecule has 6 heteroatoms. The summed E-state index contributed by atoms with van der Waals surface area (Å²) in [5, 5.41) is 10.1. The highest BCUT2D eigenvalue weighted by Crippen LogP contribution is 2.10. The third-order valence-corrected chi connectivity index (χ3v) is 2.58. The lowest BCUT2D eigenvalue weighted by atomic mass is 10.1. The summed E-state index contributed by atoms with van der Waals surface area (Å²) in [5.41, 5.74) is 0.764. The molecule has 0 aromatic carbocycles. The van der Waals surface area contributed by atoms with Crippen LogP contribution in [-0.4, -0.2) is 28.3 Å². The smallest absolute Gasteiger partial charge is 0.226 e. The lowest BCUT2D eigenvalue weighted by Gasteiger charge is -2.08. The van der Waals surface area contributed by atoms with Crippen molar-refractivity contribution in [1.29, 1.82) is 0 Å². The Bertz CT molecular complexity index is 346. The van der Waals surface area contributed by atoms with Gasteiger partial charge in [0.15, 0.2) is 0 Å². The molecule has 1 aromatic heterocycles. The molecule has 90 valence electrons. The summed E-state index contributed by atoms with van der Waals surface area (Å²) in [4.78, 5) is 11.6. The van der Waals surface area contributed by atoms with Crippen molar-refractivity contribution in [3.05, 3.63) is 12.4 Å². The second kappa shape index (κ2) is 5.86. The Morgan fingerprint density at radius 3 is 3.12 bits per heavy atom. The molecule has 1 fully saturated rings. The molecule has 1 aliphatic heterocycles. The van der Waals surface area contributed by atoms with Crippen molar-refractivity contribution in [2.45, 2.75) is 25.3 Å². The van der Waals surface area contributed by atoms with E-state index < -0.39 is 0 Å². The summed E-state index contributed by atoms with van der Waals surface area (Å²) < 4.78 is 1.67. The Balaban J connectivity index is 0.00000128. The molecule has 1 aromatic rings. The molecule has 2 heterocycles. The zero-order valence-electron chi connectivity index (χ0n) is 9.27. The van der Waals surface area contributed by atoms with Crippen LogP contribution < -0.4 is 10.6 Å². The predicted octanol–water partition coefficient (Wildman–Crippen LogP) is 0.922. The molecular formula is C10H17ClN4O. The van der Waals surface area contributed by atoms with Gasteiger partial charge in [0, 0.05) is 25.7 Å². The van der Waals surface area contributed by atoms with Crippen LogP contribution in [0.4, 0.5) is 5.69 Å². The number of nitrogens with one attached hydrogen (secondary N) is 2. The second-order valence-corrected chi connectivity index (χ2v) is 3.95. The molecule has 5 nitrogen and oxygen atoms in total. The molecule has 0 spiro atoms. The quantitative estimate of drug-likeness (QED) is 0.832. The number of hydrogen-bond donors (Lipinski definition) is 2. The van der Waals surface area contributed by atoms with Crippen molar-refractivity contribution >= 4 is 24.0 Å². The van der Waals surface area contributed by atoms with Crippen molar-refractivity contribution in [1.82, 2.24) is 15.1 Å². The summed E-state index contributed by atoms with van der Waals surface area (Å²) in [6.45, 7) is 1.03. The average Bonchev–Trinajstić information content (AvgIpc) is 2.77. The Labute approximate surface area is 101 Å². The molecule has 1 amide bonds. The van der Waals surface area contributed by atoms with Crippen LogP contribution in [0.5, 0.6) is 0 Å². The fourth-order valence-corrected chi connectivity index (χ4v) is 1.85. The SMILES string of the molecule is Cl.Cn1cc(NC(=O)CC2CCCN2)cn1. The van der Waals surface area contributed by atoms with E-state index in [2.05, 4.69) is 15.7 Å². The van der Waals surface area contributed by atoms with Crippen LogP contribution in [0.1, 0.15) is 19.3 Å². The van der Waals surface area contributed by atoms with Gasteiger partial charge in [0.1, 0.15) is 0 Å². The van der Waals surface area contributed by atoms with Gasteiger partial charge in [-0.15, -0.1) is 12.4 Å². The summed E-state index contributed by atoms with van der Waals surface area (Å²) in [6, 6.07) is 0.349. The Kier molecular flexibility index (Phi) is 4.76. The molecule has 1 unspecified atom stereocenters. The van der Waals surface area contributed by atoms with Crippen molar-refractivity contribution in [2.24, 2.45) is 7.05 Å². The van der Waals surface area contributed by atoms with Crippen LogP contribution in [0.2, 0.25) is 0 Å². The summed E-state index contributed by atoms with van der Waals surface area (Å²) in [6.07, 6.45) is 6.26. The average molecular weight is 245 g/mol. The van der Waals surface area contributed by atoms with Crippen LogP contribution in [0.3, 0.4) is 0 Å². The number of amides is 1. The maximum atomic E-state index is 11.6. The third-order valence-electron chi connectivity index (χ3n) is 2.58. The number of rotatable bonds is 3. The molecule has 1 atom stereocenters. The van der Waals surface area contributed by atoms with E-state index in [0.717, 1.165) is 18.7 Å². The molecular weight excluding hydrogens is 228 g/mol. The van der Waals surface area contributed by atoms with E-state index in [1.807, 2.05) is 7.05 Å². The highest BCUT2D eigenvalue weighted by molar-refractivity contribution is 5.90. The van der Waals surface area contributed by atoms with Gasteiger partial charge in [-0.3, -0.25) is 9.48 Å². The zero-order chi connectivity index (χ0) is 10.7. The standard InChI is InChI=1S/C10H16N4O.ClH/c1-14-7-9(6-12-14)13-10(15)5-8-3-2-4-11-8;/h6-8,11H,2-5H2,1H3,(H,13,15);1H.